The maximum absolute atomic E-state index is 12.6. The highest BCUT2D eigenvalue weighted by Gasteiger charge is 2.40. The molecule has 0 saturated carbocycles. The number of methoxy groups -OCH3 is 1. The van der Waals surface area contributed by atoms with Crippen molar-refractivity contribution in [1.29, 1.82) is 0 Å². The Bertz CT molecular complexity index is 379. The summed E-state index contributed by atoms with van der Waals surface area (Å²) in [6.07, 6.45) is -4.18. The highest BCUT2D eigenvalue weighted by atomic mass is 19.3. The molecule has 0 fully saturated rings. The molecule has 1 aromatic carbocycles. The van der Waals surface area contributed by atoms with Gasteiger partial charge in [-0.15, -0.1) is 0 Å². The fourth-order valence-electron chi connectivity index (χ4n) is 0.998. The van der Waals surface area contributed by atoms with E-state index in [1.165, 1.54) is 19.2 Å². The molecule has 4 nitrogen and oxygen atoms in total. The van der Waals surface area contributed by atoms with Gasteiger partial charge in [-0.3, -0.25) is 0 Å². The van der Waals surface area contributed by atoms with Gasteiger partial charge in [-0.05, 0) is 17.7 Å². The summed E-state index contributed by atoms with van der Waals surface area (Å²) in [5, 5.41) is 8.12. The Morgan fingerprint density at radius 2 is 2.19 bits per heavy atom. The van der Waals surface area contributed by atoms with Crippen LogP contribution < -0.4 is 4.74 Å². The predicted octanol–water partition coefficient (Wildman–Crippen LogP) is 1.89. The first-order chi connectivity index (χ1) is 7.45. The smallest absolute Gasteiger partial charge is 0.456 e. The monoisotopic (exact) mass is 232 g/mol. The SMILES string of the molecule is COc1cccc(COC(F)(F)C(=O)O)c1. The van der Waals surface area contributed by atoms with Crippen molar-refractivity contribution >= 4 is 5.97 Å². The Kier molecular flexibility index (Phi) is 3.78. The van der Waals surface area contributed by atoms with Crippen LogP contribution in [0.15, 0.2) is 24.3 Å². The predicted molar refractivity (Wildman–Crippen MR) is 50.4 cm³/mol. The van der Waals surface area contributed by atoms with Gasteiger partial charge in [0.1, 0.15) is 5.75 Å². The number of carboxylic acids is 1. The largest absolute Gasteiger partial charge is 0.497 e. The number of aliphatic carboxylic acids is 1. The topological polar surface area (TPSA) is 55.8 Å². The Labute approximate surface area is 90.4 Å². The lowest BCUT2D eigenvalue weighted by Gasteiger charge is -2.12. The molecule has 0 heterocycles. The molecule has 0 aliphatic carbocycles. The molecule has 0 aliphatic heterocycles. The Hall–Kier alpha value is -1.69. The second-order valence-electron chi connectivity index (χ2n) is 2.96. The summed E-state index contributed by atoms with van der Waals surface area (Å²) in [5.41, 5.74) is 0.403. The third-order valence-electron chi connectivity index (χ3n) is 1.80. The van der Waals surface area contributed by atoms with Gasteiger partial charge >= 0.3 is 12.1 Å². The van der Waals surface area contributed by atoms with Crippen LogP contribution in [0.1, 0.15) is 5.56 Å². The molecule has 0 saturated heterocycles. The van der Waals surface area contributed by atoms with E-state index < -0.39 is 18.7 Å². The normalized spacial score (nSPS) is 11.2. The number of carboxylic acid groups (broad SMARTS) is 1. The molecule has 88 valence electrons. The van der Waals surface area contributed by atoms with Crippen molar-refractivity contribution in [2.45, 2.75) is 12.7 Å². The van der Waals surface area contributed by atoms with Gasteiger partial charge in [0.25, 0.3) is 0 Å². The van der Waals surface area contributed by atoms with Gasteiger partial charge in [-0.25, -0.2) is 4.79 Å². The van der Waals surface area contributed by atoms with Crippen molar-refractivity contribution < 1.29 is 28.2 Å². The number of ether oxygens (including phenoxy) is 2. The maximum Gasteiger partial charge on any atom is 0.456 e. The number of rotatable bonds is 5. The fraction of sp³-hybridized carbons (Fsp3) is 0.300. The molecule has 16 heavy (non-hydrogen) atoms. The molecule has 0 aliphatic rings. The average molecular weight is 232 g/mol. The fourth-order valence-corrected chi connectivity index (χ4v) is 0.998. The van der Waals surface area contributed by atoms with Crippen molar-refractivity contribution in [1.82, 2.24) is 0 Å². The molecule has 0 bridgehead atoms. The second-order valence-corrected chi connectivity index (χ2v) is 2.96. The van der Waals surface area contributed by atoms with E-state index in [0.717, 1.165) is 0 Å². The molecule has 1 rings (SSSR count). The molecule has 1 aromatic rings. The van der Waals surface area contributed by atoms with Crippen molar-refractivity contribution in [3.8, 4) is 5.75 Å². The molecule has 0 radical (unpaired) electrons. The van der Waals surface area contributed by atoms with Crippen LogP contribution in [-0.2, 0) is 16.1 Å². The maximum atomic E-state index is 12.6. The second kappa shape index (κ2) is 4.89. The quantitative estimate of drug-likeness (QED) is 0.842. The van der Waals surface area contributed by atoms with Gasteiger partial charge in [0, 0.05) is 0 Å². The minimum atomic E-state index is -4.18. The molecule has 0 amide bonds. The Balaban J connectivity index is 2.64. The lowest BCUT2D eigenvalue weighted by molar-refractivity contribution is -0.250. The first-order valence-corrected chi connectivity index (χ1v) is 4.34. The molecular formula is C10H10F2O4. The number of alkyl halides is 2. The van der Waals surface area contributed by atoms with Crippen LogP contribution in [0.5, 0.6) is 5.75 Å². The van der Waals surface area contributed by atoms with Gasteiger partial charge < -0.3 is 14.6 Å². The summed E-state index contributed by atoms with van der Waals surface area (Å²) in [7, 11) is 1.44. The number of carbonyl (C=O) groups is 1. The lowest BCUT2D eigenvalue weighted by Crippen LogP contribution is -2.31. The summed E-state index contributed by atoms with van der Waals surface area (Å²) in [6, 6.07) is 6.24. The van der Waals surface area contributed by atoms with E-state index in [1.807, 2.05) is 0 Å². The lowest BCUT2D eigenvalue weighted by atomic mass is 10.2. The molecule has 0 unspecified atom stereocenters. The first-order valence-electron chi connectivity index (χ1n) is 4.34. The summed E-state index contributed by atoms with van der Waals surface area (Å²) in [6.45, 7) is -0.503. The van der Waals surface area contributed by atoms with Crippen LogP contribution in [0.2, 0.25) is 0 Å². The van der Waals surface area contributed by atoms with Gasteiger partial charge in [-0.1, -0.05) is 12.1 Å². The van der Waals surface area contributed by atoms with E-state index >= 15 is 0 Å². The molecule has 0 aromatic heterocycles. The van der Waals surface area contributed by atoms with E-state index in [9.17, 15) is 13.6 Å². The standard InChI is InChI=1S/C10H10F2O4/c1-15-8-4-2-3-7(5-8)6-16-10(11,12)9(13)14/h2-5H,6H2,1H3,(H,13,14). The van der Waals surface area contributed by atoms with Crippen molar-refractivity contribution in [3.63, 3.8) is 0 Å². The summed E-state index contributed by atoms with van der Waals surface area (Å²) in [4.78, 5) is 10.1. The van der Waals surface area contributed by atoms with Gasteiger partial charge in [0.15, 0.2) is 0 Å². The zero-order valence-corrected chi connectivity index (χ0v) is 8.44. The Morgan fingerprint density at radius 1 is 1.50 bits per heavy atom. The van der Waals surface area contributed by atoms with Crippen LogP contribution in [0.4, 0.5) is 8.78 Å². The van der Waals surface area contributed by atoms with Crippen molar-refractivity contribution in [3.05, 3.63) is 29.8 Å². The number of benzene rings is 1. The van der Waals surface area contributed by atoms with E-state index in [2.05, 4.69) is 4.74 Å². The van der Waals surface area contributed by atoms with Gasteiger partial charge in [0.2, 0.25) is 0 Å². The van der Waals surface area contributed by atoms with E-state index in [4.69, 9.17) is 9.84 Å². The molecule has 0 atom stereocenters. The highest BCUT2D eigenvalue weighted by molar-refractivity contribution is 5.73. The third kappa shape index (κ3) is 3.16. The zero-order chi connectivity index (χ0) is 12.2. The highest BCUT2D eigenvalue weighted by Crippen LogP contribution is 2.19. The number of hydrogen-bond donors (Lipinski definition) is 1. The van der Waals surface area contributed by atoms with E-state index in [0.29, 0.717) is 11.3 Å². The average Bonchev–Trinajstić information content (AvgIpc) is 2.26. The van der Waals surface area contributed by atoms with Crippen LogP contribution in [0.3, 0.4) is 0 Å². The van der Waals surface area contributed by atoms with Crippen LogP contribution in [0, 0.1) is 0 Å². The molecule has 6 heteroatoms. The van der Waals surface area contributed by atoms with E-state index in [1.54, 1.807) is 12.1 Å². The molecular weight excluding hydrogens is 222 g/mol. The van der Waals surface area contributed by atoms with Crippen LogP contribution in [0.25, 0.3) is 0 Å². The third-order valence-corrected chi connectivity index (χ3v) is 1.80. The van der Waals surface area contributed by atoms with Crippen LogP contribution >= 0.6 is 0 Å². The van der Waals surface area contributed by atoms with Gasteiger partial charge in [0.05, 0.1) is 13.7 Å². The van der Waals surface area contributed by atoms with Crippen molar-refractivity contribution in [2.75, 3.05) is 7.11 Å². The summed E-state index contributed by atoms with van der Waals surface area (Å²) in [5.74, 6) is -1.82. The minimum absolute atomic E-state index is 0.403. The minimum Gasteiger partial charge on any atom is -0.497 e. The first kappa shape index (κ1) is 12.4. The zero-order valence-electron chi connectivity index (χ0n) is 8.44. The van der Waals surface area contributed by atoms with E-state index in [-0.39, 0.29) is 0 Å². The number of halogens is 2. The number of hydrogen-bond acceptors (Lipinski definition) is 3. The molecule has 1 N–H and O–H groups in total. The Morgan fingerprint density at radius 3 is 2.75 bits per heavy atom. The van der Waals surface area contributed by atoms with Crippen LogP contribution in [-0.4, -0.2) is 24.3 Å². The summed E-state index contributed by atoms with van der Waals surface area (Å²) < 4.78 is 34.0. The molecule has 0 spiro atoms. The summed E-state index contributed by atoms with van der Waals surface area (Å²) >= 11 is 0. The van der Waals surface area contributed by atoms with Crippen molar-refractivity contribution in [2.24, 2.45) is 0 Å². The van der Waals surface area contributed by atoms with Gasteiger partial charge in [-0.2, -0.15) is 8.78 Å².